The highest BCUT2D eigenvalue weighted by molar-refractivity contribution is 6.38. The van der Waals surface area contributed by atoms with Crippen LogP contribution in [0.5, 0.6) is 0 Å². The zero-order valence-electron chi connectivity index (χ0n) is 45.1. The minimum atomic E-state index is -0.531. The number of hydrogen-bond acceptors (Lipinski definition) is 16. The minimum absolute atomic E-state index is 0.0628. The van der Waals surface area contributed by atoms with Gasteiger partial charge in [0.25, 0.3) is 11.8 Å². The summed E-state index contributed by atoms with van der Waals surface area (Å²) >= 11 is 13.0. The first-order valence-electron chi connectivity index (χ1n) is 27.1. The molecule has 0 radical (unpaired) electrons. The molecule has 432 valence electrons. The van der Waals surface area contributed by atoms with E-state index >= 15 is 0 Å². The van der Waals surface area contributed by atoms with Crippen LogP contribution in [0.25, 0.3) is 16.9 Å². The first kappa shape index (κ1) is 60.1. The van der Waals surface area contributed by atoms with E-state index in [4.69, 9.17) is 51.6 Å². The van der Waals surface area contributed by atoms with Gasteiger partial charge in [-0.3, -0.25) is 39.1 Å². The molecule has 3 aromatic carbocycles. The number of carbonyl (C=O) groups excluding carboxylic acids is 6. The van der Waals surface area contributed by atoms with Gasteiger partial charge in [-0.05, 0) is 67.1 Å². The molecule has 1 unspecified atom stereocenters. The number of piperidine rings is 1. The molecule has 24 heteroatoms. The summed E-state index contributed by atoms with van der Waals surface area (Å²) < 4.78 is 35.0. The topological polar surface area (TPSA) is 238 Å². The van der Waals surface area contributed by atoms with E-state index in [1.807, 2.05) is 53.4 Å². The molecular formula is C57H68Cl2N10O12. The van der Waals surface area contributed by atoms with E-state index < -0.39 is 11.9 Å². The van der Waals surface area contributed by atoms with Gasteiger partial charge in [0.05, 0.1) is 119 Å². The maximum atomic E-state index is 13.8. The van der Waals surface area contributed by atoms with Crippen molar-refractivity contribution >= 4 is 75.8 Å². The number of carbonyl (C=O) groups is 6. The van der Waals surface area contributed by atoms with Crippen LogP contribution in [-0.4, -0.2) is 203 Å². The van der Waals surface area contributed by atoms with E-state index in [9.17, 15) is 28.8 Å². The lowest BCUT2D eigenvalue weighted by atomic mass is 10.1. The number of para-hydroxylation sites is 1. The van der Waals surface area contributed by atoms with Crippen molar-refractivity contribution in [1.82, 2.24) is 34.8 Å². The average Bonchev–Trinajstić information content (AvgIpc) is 4.15. The number of rotatable bonds is 29. The van der Waals surface area contributed by atoms with Crippen LogP contribution in [0, 0.1) is 0 Å². The summed E-state index contributed by atoms with van der Waals surface area (Å²) in [5.74, 6) is -1.16. The fraction of sp³-hybridized carbons (Fsp3) is 0.439. The summed E-state index contributed by atoms with van der Waals surface area (Å²) in [4.78, 5) is 88.6. The molecule has 81 heavy (non-hydrogen) atoms. The Morgan fingerprint density at radius 3 is 1.69 bits per heavy atom. The van der Waals surface area contributed by atoms with E-state index in [-0.39, 0.29) is 64.7 Å². The van der Waals surface area contributed by atoms with E-state index in [1.165, 1.54) is 16.8 Å². The first-order valence-corrected chi connectivity index (χ1v) is 27.9. The summed E-state index contributed by atoms with van der Waals surface area (Å²) in [7, 11) is 0. The number of imide groups is 1. The van der Waals surface area contributed by atoms with Crippen molar-refractivity contribution in [3.8, 4) is 16.9 Å². The monoisotopic (exact) mass is 1150 g/mol. The Balaban J connectivity index is 0.601. The number of aromatic nitrogens is 3. The van der Waals surface area contributed by atoms with Crippen LogP contribution in [0.15, 0.2) is 97.2 Å². The summed E-state index contributed by atoms with van der Waals surface area (Å²) in [6.45, 7) is 8.43. The number of piperazine rings is 2. The van der Waals surface area contributed by atoms with Gasteiger partial charge in [0.1, 0.15) is 11.9 Å². The smallest absolute Gasteiger partial charge is 0.274 e. The van der Waals surface area contributed by atoms with Gasteiger partial charge >= 0.3 is 0 Å². The number of nitrogens with one attached hydrogen (secondary N) is 3. The zero-order chi connectivity index (χ0) is 56.8. The van der Waals surface area contributed by atoms with Gasteiger partial charge in [0.2, 0.25) is 23.6 Å². The van der Waals surface area contributed by atoms with Gasteiger partial charge in [-0.1, -0.05) is 47.5 Å². The molecular weight excluding hydrogens is 1090 g/mol. The van der Waals surface area contributed by atoms with Gasteiger partial charge in [-0.2, -0.15) is 5.10 Å². The molecule has 0 saturated carbocycles. The Morgan fingerprint density at radius 2 is 1.14 bits per heavy atom. The number of halogens is 2. The molecule has 0 bridgehead atoms. The lowest BCUT2D eigenvalue weighted by Crippen LogP contribution is -2.50. The Bertz CT molecular complexity index is 2870. The number of benzene rings is 3. The van der Waals surface area contributed by atoms with Crippen LogP contribution in [0.4, 0.5) is 17.2 Å². The third-order valence-corrected chi connectivity index (χ3v) is 14.2. The quantitative estimate of drug-likeness (QED) is 0.0411. The molecule has 22 nitrogen and oxygen atoms in total. The number of hydrogen-bond donors (Lipinski definition) is 3. The molecule has 3 N–H and O–H groups in total. The van der Waals surface area contributed by atoms with Gasteiger partial charge in [-0.25, -0.2) is 4.68 Å². The molecule has 6 amide bonds. The van der Waals surface area contributed by atoms with Crippen molar-refractivity contribution in [2.24, 2.45) is 0 Å². The second kappa shape index (κ2) is 31.3. The SMILES string of the molecule is O=C1CCC(Nc2ccc(N3CCN(C(=O)CCOCCOCCOCCOCCOCCOCCC(=O)N4CCN(C(=O)c5cc(NC(=O)c6cc(-c7ccccn7)c(Cl)cc6Cl)n(-c6ccccc6)n5)CC4)CC3)cc2)C(=O)N1. The summed E-state index contributed by atoms with van der Waals surface area (Å²) in [5, 5.41) is 13.5. The number of anilines is 3. The molecule has 2 aromatic heterocycles. The molecule has 5 heterocycles. The van der Waals surface area contributed by atoms with Crippen molar-refractivity contribution < 1.29 is 57.2 Å². The zero-order valence-corrected chi connectivity index (χ0v) is 46.6. The van der Waals surface area contributed by atoms with E-state index in [0.717, 1.165) is 11.4 Å². The van der Waals surface area contributed by atoms with Gasteiger partial charge in [0.15, 0.2) is 5.69 Å². The highest BCUT2D eigenvalue weighted by Gasteiger charge is 2.29. The van der Waals surface area contributed by atoms with Crippen molar-refractivity contribution in [2.75, 3.05) is 147 Å². The van der Waals surface area contributed by atoms with Gasteiger partial charge in [-0.15, -0.1) is 0 Å². The molecule has 0 aliphatic carbocycles. The Kier molecular flexibility index (Phi) is 23.2. The van der Waals surface area contributed by atoms with Crippen LogP contribution in [-0.2, 0) is 47.6 Å². The lowest BCUT2D eigenvalue weighted by Gasteiger charge is -2.36. The van der Waals surface area contributed by atoms with Crippen molar-refractivity contribution in [2.45, 2.75) is 31.7 Å². The third-order valence-electron chi connectivity index (χ3n) is 13.6. The molecule has 3 aliphatic rings. The Hall–Kier alpha value is -7.02. The predicted octanol–water partition coefficient (Wildman–Crippen LogP) is 5.22. The molecule has 3 fully saturated rings. The van der Waals surface area contributed by atoms with Gasteiger partial charge in [0, 0.05) is 88.0 Å². The summed E-state index contributed by atoms with van der Waals surface area (Å²) in [6, 6.07) is 26.5. The summed E-state index contributed by atoms with van der Waals surface area (Å²) in [5.41, 5.74) is 3.87. The number of nitrogens with zero attached hydrogens (tertiary/aromatic N) is 7. The van der Waals surface area contributed by atoms with Gasteiger partial charge < -0.3 is 58.7 Å². The standard InChI is InChI=1S/C57H68Cl2N10O12/c58-46-39-47(59)45(38-44(46)48-8-4-5-17-60-48)55(73)62-51-40-50(64-69(51)43-6-2-1-3-7-43)57(75)68-24-22-67(23-25-68)54(72)16-27-77-29-31-79-33-35-81-37-36-80-34-32-78-30-28-76-26-15-53(71)66-20-18-65(19-21-66)42-11-9-41(10-12-42)61-49-13-14-52(70)63-56(49)74/h1-12,17,38-40,49,61H,13-16,18-37H2,(H,62,73)(H,63,70,74). The van der Waals surface area contributed by atoms with Crippen LogP contribution in [0.1, 0.15) is 46.5 Å². The minimum Gasteiger partial charge on any atom is -0.379 e. The second-order valence-electron chi connectivity index (χ2n) is 19.1. The normalized spacial score (nSPS) is 15.7. The second-order valence-corrected chi connectivity index (χ2v) is 19.9. The molecule has 8 rings (SSSR count). The van der Waals surface area contributed by atoms with Crippen LogP contribution < -0.4 is 20.9 Å². The maximum Gasteiger partial charge on any atom is 0.274 e. The van der Waals surface area contributed by atoms with Crippen molar-refractivity contribution in [1.29, 1.82) is 0 Å². The number of amides is 6. The van der Waals surface area contributed by atoms with E-state index in [0.29, 0.717) is 166 Å². The molecule has 3 saturated heterocycles. The molecule has 0 spiro atoms. The van der Waals surface area contributed by atoms with Crippen LogP contribution in [0.3, 0.4) is 0 Å². The number of pyridine rings is 1. The fourth-order valence-corrected chi connectivity index (χ4v) is 9.70. The van der Waals surface area contributed by atoms with Crippen LogP contribution >= 0.6 is 23.2 Å². The maximum absolute atomic E-state index is 13.8. The first-order chi connectivity index (χ1) is 39.5. The predicted molar refractivity (Wildman–Crippen MR) is 303 cm³/mol. The molecule has 5 aromatic rings. The number of ether oxygens (including phenoxy) is 6. The average molecular weight is 1160 g/mol. The Labute approximate surface area is 480 Å². The highest BCUT2D eigenvalue weighted by Crippen LogP contribution is 2.33. The lowest BCUT2D eigenvalue weighted by molar-refractivity contribution is -0.134. The highest BCUT2D eigenvalue weighted by atomic mass is 35.5. The van der Waals surface area contributed by atoms with E-state index in [2.05, 4.69) is 30.9 Å². The van der Waals surface area contributed by atoms with Crippen LogP contribution in [0.2, 0.25) is 10.0 Å². The molecule has 3 aliphatic heterocycles. The largest absolute Gasteiger partial charge is 0.379 e. The van der Waals surface area contributed by atoms with E-state index in [1.54, 1.807) is 46.3 Å². The van der Waals surface area contributed by atoms with Crippen molar-refractivity contribution in [3.63, 3.8) is 0 Å². The third kappa shape index (κ3) is 18.0. The fourth-order valence-electron chi connectivity index (χ4n) is 9.14. The Morgan fingerprint density at radius 1 is 0.593 bits per heavy atom. The van der Waals surface area contributed by atoms with Crippen molar-refractivity contribution in [3.05, 3.63) is 118 Å². The molecule has 1 atom stereocenters. The summed E-state index contributed by atoms with van der Waals surface area (Å²) in [6.07, 6.45) is 2.92.